The molecule has 2 aromatic rings. The van der Waals surface area contributed by atoms with Crippen LogP contribution in [0.4, 0.5) is 19.0 Å². The molecule has 1 aromatic carbocycles. The summed E-state index contributed by atoms with van der Waals surface area (Å²) in [4.78, 5) is 26.1. The molecule has 2 fully saturated rings. The molecule has 0 aliphatic carbocycles. The van der Waals surface area contributed by atoms with Gasteiger partial charge in [-0.05, 0) is 43.9 Å². The lowest BCUT2D eigenvalue weighted by molar-refractivity contribution is -0.192. The van der Waals surface area contributed by atoms with E-state index in [1.807, 2.05) is 49.2 Å². The van der Waals surface area contributed by atoms with Gasteiger partial charge in [0.15, 0.2) is 5.82 Å². The van der Waals surface area contributed by atoms with Crippen molar-refractivity contribution in [2.45, 2.75) is 43.8 Å². The first-order valence-corrected chi connectivity index (χ1v) is 10.2. The highest BCUT2D eigenvalue weighted by atomic mass is 19.4. The number of likely N-dealkylation sites (N-methyl/N-ethyl adjacent to an activating group) is 1. The smallest absolute Gasteiger partial charge is 0.475 e. The van der Waals surface area contributed by atoms with Gasteiger partial charge in [0.1, 0.15) is 0 Å². The van der Waals surface area contributed by atoms with Gasteiger partial charge in [-0.15, -0.1) is 5.10 Å². The van der Waals surface area contributed by atoms with Gasteiger partial charge in [0.25, 0.3) is 0 Å². The number of alkyl halides is 3. The fourth-order valence-corrected chi connectivity index (χ4v) is 4.27. The van der Waals surface area contributed by atoms with Crippen molar-refractivity contribution in [2.75, 3.05) is 25.0 Å². The summed E-state index contributed by atoms with van der Waals surface area (Å²) in [6.07, 6.45) is -2.21. The summed E-state index contributed by atoms with van der Waals surface area (Å²) in [7, 11) is 1.98. The fraction of sp³-hybridized carbons (Fsp3) is 0.455. The Morgan fingerprint density at radius 1 is 1.09 bits per heavy atom. The molecular formula is C22H25F3N4O3. The van der Waals surface area contributed by atoms with Gasteiger partial charge in [0, 0.05) is 25.7 Å². The molecule has 1 amide bonds. The highest BCUT2D eigenvalue weighted by Crippen LogP contribution is 2.45. The Morgan fingerprint density at radius 2 is 1.69 bits per heavy atom. The van der Waals surface area contributed by atoms with E-state index < -0.39 is 12.1 Å². The molecule has 7 nitrogen and oxygen atoms in total. The summed E-state index contributed by atoms with van der Waals surface area (Å²) in [6.45, 7) is 3.78. The quantitative estimate of drug-likeness (QED) is 0.755. The molecule has 1 aromatic heterocycles. The number of halogens is 3. The fourth-order valence-electron chi connectivity index (χ4n) is 4.27. The zero-order chi connectivity index (χ0) is 23.5. The second kappa shape index (κ2) is 9.13. The van der Waals surface area contributed by atoms with Gasteiger partial charge in [0.05, 0.1) is 11.6 Å². The number of carbonyl (C=O) groups excluding carboxylic acids is 1. The van der Waals surface area contributed by atoms with Gasteiger partial charge in [-0.3, -0.25) is 4.79 Å². The maximum Gasteiger partial charge on any atom is 0.490 e. The zero-order valence-corrected chi connectivity index (χ0v) is 17.8. The highest BCUT2D eigenvalue weighted by molar-refractivity contribution is 5.87. The third-order valence-electron chi connectivity index (χ3n) is 6.17. The Morgan fingerprint density at radius 3 is 2.19 bits per heavy atom. The molecule has 2 aliphatic rings. The third kappa shape index (κ3) is 5.00. The summed E-state index contributed by atoms with van der Waals surface area (Å²) >= 11 is 0. The third-order valence-corrected chi connectivity index (χ3v) is 6.17. The van der Waals surface area contributed by atoms with E-state index >= 15 is 0 Å². The molecule has 0 bridgehead atoms. The number of amides is 1. The molecule has 172 valence electrons. The molecule has 1 N–H and O–H groups in total. The van der Waals surface area contributed by atoms with E-state index in [9.17, 15) is 18.0 Å². The van der Waals surface area contributed by atoms with Crippen LogP contribution in [-0.2, 0) is 9.59 Å². The Balaban J connectivity index is 0.000000360. The van der Waals surface area contributed by atoms with Crippen molar-refractivity contribution in [3.8, 4) is 0 Å². The second-order valence-corrected chi connectivity index (χ2v) is 8.11. The molecule has 0 radical (unpaired) electrons. The van der Waals surface area contributed by atoms with Crippen LogP contribution in [0.15, 0.2) is 42.5 Å². The number of rotatable bonds is 2. The highest BCUT2D eigenvalue weighted by Gasteiger charge is 2.50. The molecule has 1 atom stereocenters. The lowest BCUT2D eigenvalue weighted by Gasteiger charge is -2.43. The number of hydrogen-bond acceptors (Lipinski definition) is 5. The monoisotopic (exact) mass is 450 g/mol. The van der Waals surface area contributed by atoms with Crippen molar-refractivity contribution in [1.29, 1.82) is 0 Å². The van der Waals surface area contributed by atoms with Gasteiger partial charge >= 0.3 is 12.1 Å². The summed E-state index contributed by atoms with van der Waals surface area (Å²) in [6, 6.07) is 14.2. The maximum absolute atomic E-state index is 12.9. The van der Waals surface area contributed by atoms with Gasteiger partial charge in [-0.25, -0.2) is 4.79 Å². The molecule has 0 saturated carbocycles. The topological polar surface area (TPSA) is 86.6 Å². The van der Waals surface area contributed by atoms with Crippen LogP contribution in [0.1, 0.15) is 36.4 Å². The van der Waals surface area contributed by atoms with E-state index in [-0.39, 0.29) is 17.4 Å². The van der Waals surface area contributed by atoms with Crippen LogP contribution in [0, 0.1) is 6.92 Å². The van der Waals surface area contributed by atoms with Gasteiger partial charge < -0.3 is 14.9 Å². The first kappa shape index (κ1) is 23.5. The summed E-state index contributed by atoms with van der Waals surface area (Å²) in [5.74, 6) is -1.56. The zero-order valence-electron chi connectivity index (χ0n) is 17.8. The minimum atomic E-state index is -5.08. The average Bonchev–Trinajstić information content (AvgIpc) is 3.01. The Labute approximate surface area is 183 Å². The van der Waals surface area contributed by atoms with E-state index in [0.29, 0.717) is 0 Å². The van der Waals surface area contributed by atoms with Crippen LogP contribution >= 0.6 is 0 Å². The Hall–Kier alpha value is -3.17. The van der Waals surface area contributed by atoms with Crippen LogP contribution < -0.4 is 4.90 Å². The van der Waals surface area contributed by atoms with Gasteiger partial charge in [0.2, 0.25) is 5.91 Å². The lowest BCUT2D eigenvalue weighted by atomic mass is 9.81. The molecule has 1 spiro atoms. The molecular weight excluding hydrogens is 425 g/mol. The van der Waals surface area contributed by atoms with Crippen molar-refractivity contribution >= 4 is 17.7 Å². The molecule has 2 aliphatic heterocycles. The van der Waals surface area contributed by atoms with Crippen molar-refractivity contribution in [3.63, 3.8) is 0 Å². The molecule has 3 heterocycles. The van der Waals surface area contributed by atoms with Crippen LogP contribution in [0.3, 0.4) is 0 Å². The number of carboxylic acids is 1. The number of piperidine rings is 1. The number of aromatic nitrogens is 2. The number of anilines is 1. The molecule has 2 saturated heterocycles. The van der Waals surface area contributed by atoms with Crippen LogP contribution in [-0.4, -0.2) is 63.9 Å². The standard InChI is InChI=1S/C20H24N4O.C2HF3O2/c1-15-8-9-18(22-21-15)24-12-10-20(11-13-24)14-17(19(25)23(20)2)16-6-4-3-5-7-16;3-2(4,5)1(6)7/h3-9,17H,10-14H2,1-2H3;(H,6,7). The minimum Gasteiger partial charge on any atom is -0.475 e. The number of likely N-dealkylation sites (tertiary alicyclic amines) is 1. The van der Waals surface area contributed by atoms with E-state index in [4.69, 9.17) is 9.90 Å². The second-order valence-electron chi connectivity index (χ2n) is 8.11. The van der Waals surface area contributed by atoms with Crippen molar-refractivity contribution in [3.05, 3.63) is 53.7 Å². The summed E-state index contributed by atoms with van der Waals surface area (Å²) < 4.78 is 31.7. The van der Waals surface area contributed by atoms with Crippen LogP contribution in [0.2, 0.25) is 0 Å². The maximum atomic E-state index is 12.9. The number of carboxylic acid groups (broad SMARTS) is 1. The molecule has 10 heteroatoms. The van der Waals surface area contributed by atoms with E-state index in [2.05, 4.69) is 27.2 Å². The molecule has 32 heavy (non-hydrogen) atoms. The minimum absolute atomic E-state index is 0.00286. The molecule has 1 unspecified atom stereocenters. The average molecular weight is 450 g/mol. The number of nitrogens with zero attached hydrogens (tertiary/aromatic N) is 4. The SMILES string of the molecule is Cc1ccc(N2CCC3(CC2)CC(c2ccccc2)C(=O)N3C)nn1.O=C(O)C(F)(F)F. The Bertz CT molecular complexity index is 943. The number of carbonyl (C=O) groups is 2. The van der Waals surface area contributed by atoms with E-state index in [1.165, 1.54) is 0 Å². The Kier molecular flexibility index (Phi) is 6.71. The van der Waals surface area contributed by atoms with Gasteiger partial charge in [-0.2, -0.15) is 18.3 Å². The first-order chi connectivity index (χ1) is 15.0. The predicted molar refractivity (Wildman–Crippen MR) is 111 cm³/mol. The van der Waals surface area contributed by atoms with Crippen LogP contribution in [0.25, 0.3) is 0 Å². The molecule has 4 rings (SSSR count). The predicted octanol–water partition coefficient (Wildman–Crippen LogP) is 3.40. The number of hydrogen-bond donors (Lipinski definition) is 1. The number of benzene rings is 1. The number of aliphatic carboxylic acids is 1. The van der Waals surface area contributed by atoms with E-state index in [0.717, 1.165) is 49.4 Å². The normalized spacial score (nSPS) is 20.2. The van der Waals surface area contributed by atoms with Crippen LogP contribution in [0.5, 0.6) is 0 Å². The lowest BCUT2D eigenvalue weighted by Crippen LogP contribution is -2.51. The van der Waals surface area contributed by atoms with Crippen molar-refractivity contribution < 1.29 is 27.9 Å². The van der Waals surface area contributed by atoms with E-state index in [1.54, 1.807) is 0 Å². The van der Waals surface area contributed by atoms with Crippen molar-refractivity contribution in [1.82, 2.24) is 15.1 Å². The van der Waals surface area contributed by atoms with Crippen molar-refractivity contribution in [2.24, 2.45) is 0 Å². The first-order valence-electron chi connectivity index (χ1n) is 10.2. The van der Waals surface area contributed by atoms with Gasteiger partial charge in [-0.1, -0.05) is 30.3 Å². The summed E-state index contributed by atoms with van der Waals surface area (Å²) in [5.41, 5.74) is 2.05. The number of aryl methyl sites for hydroxylation is 1. The largest absolute Gasteiger partial charge is 0.490 e. The summed E-state index contributed by atoms with van der Waals surface area (Å²) in [5, 5.41) is 15.6.